The number of hydrogen-bond donors (Lipinski definition) is 1. The molecule has 0 amide bonds. The van der Waals surface area contributed by atoms with E-state index in [4.69, 9.17) is 0 Å². The van der Waals surface area contributed by atoms with Gasteiger partial charge in [0, 0.05) is 24.7 Å². The molecule has 0 aromatic heterocycles. The Morgan fingerprint density at radius 2 is 2.00 bits per heavy atom. The van der Waals surface area contributed by atoms with Crippen molar-refractivity contribution >= 4 is 0 Å². The van der Waals surface area contributed by atoms with Gasteiger partial charge in [-0.1, -0.05) is 24.0 Å². The monoisotopic (exact) mass is 300 g/mol. The highest BCUT2D eigenvalue weighted by Gasteiger charge is 2.21. The standard InChI is InChI=1S/C19H28N2O/c1-19(2,22)12-11-16-7-9-17(10-8-16)14-20(3)15-18-6-5-13-21(18)4/h7-10,18,22H,5-6,13-15H2,1-4H3/t18-/m1/s1. The van der Waals surface area contributed by atoms with Crippen LogP contribution in [0.2, 0.25) is 0 Å². The van der Waals surface area contributed by atoms with E-state index in [1.54, 1.807) is 13.8 Å². The summed E-state index contributed by atoms with van der Waals surface area (Å²) in [7, 11) is 4.41. The van der Waals surface area contributed by atoms with Crippen molar-refractivity contribution < 1.29 is 5.11 Å². The Kier molecular flexibility index (Phi) is 5.63. The van der Waals surface area contributed by atoms with Crippen molar-refractivity contribution in [2.75, 3.05) is 27.2 Å². The molecule has 0 saturated carbocycles. The first-order valence-electron chi connectivity index (χ1n) is 8.07. The minimum atomic E-state index is -0.938. The van der Waals surface area contributed by atoms with E-state index in [1.807, 2.05) is 12.1 Å². The van der Waals surface area contributed by atoms with Crippen molar-refractivity contribution in [2.45, 2.75) is 44.9 Å². The zero-order chi connectivity index (χ0) is 16.2. The lowest BCUT2D eigenvalue weighted by Crippen LogP contribution is -2.36. The second kappa shape index (κ2) is 7.28. The van der Waals surface area contributed by atoms with E-state index in [9.17, 15) is 5.11 Å². The normalized spacial score (nSPS) is 19.3. The number of hydrogen-bond acceptors (Lipinski definition) is 3. The molecule has 0 spiro atoms. The van der Waals surface area contributed by atoms with E-state index >= 15 is 0 Å². The molecule has 1 aromatic rings. The number of rotatable bonds is 4. The van der Waals surface area contributed by atoms with E-state index in [0.717, 1.165) is 18.7 Å². The number of likely N-dealkylation sites (tertiary alicyclic amines) is 1. The molecule has 3 heteroatoms. The molecular formula is C19H28N2O. The van der Waals surface area contributed by atoms with E-state index in [2.05, 4.69) is 47.9 Å². The van der Waals surface area contributed by atoms with Gasteiger partial charge in [0.05, 0.1) is 0 Å². The van der Waals surface area contributed by atoms with E-state index in [1.165, 1.54) is 24.9 Å². The van der Waals surface area contributed by atoms with Gasteiger partial charge >= 0.3 is 0 Å². The summed E-state index contributed by atoms with van der Waals surface area (Å²) >= 11 is 0. The number of nitrogens with zero attached hydrogens (tertiary/aromatic N) is 2. The lowest BCUT2D eigenvalue weighted by molar-refractivity contribution is 0.143. The van der Waals surface area contributed by atoms with Gasteiger partial charge in [0.2, 0.25) is 0 Å². The summed E-state index contributed by atoms with van der Waals surface area (Å²) in [6.45, 7) is 6.71. The minimum absolute atomic E-state index is 0.696. The second-order valence-electron chi connectivity index (χ2n) is 6.98. The molecular weight excluding hydrogens is 272 g/mol. The zero-order valence-electron chi connectivity index (χ0n) is 14.3. The van der Waals surface area contributed by atoms with Crippen LogP contribution >= 0.6 is 0 Å². The molecule has 1 N–H and O–H groups in total. The van der Waals surface area contributed by atoms with Gasteiger partial charge < -0.3 is 14.9 Å². The topological polar surface area (TPSA) is 26.7 Å². The molecule has 1 atom stereocenters. The summed E-state index contributed by atoms with van der Waals surface area (Å²) in [6.07, 6.45) is 2.63. The van der Waals surface area contributed by atoms with Crippen molar-refractivity contribution in [1.29, 1.82) is 0 Å². The third-order valence-electron chi connectivity index (χ3n) is 4.11. The predicted molar refractivity (Wildman–Crippen MR) is 91.6 cm³/mol. The van der Waals surface area contributed by atoms with Crippen molar-refractivity contribution in [2.24, 2.45) is 0 Å². The minimum Gasteiger partial charge on any atom is -0.378 e. The highest BCUT2D eigenvalue weighted by molar-refractivity contribution is 5.37. The van der Waals surface area contributed by atoms with Gasteiger partial charge in [-0.05, 0) is 65.0 Å². The smallest absolute Gasteiger partial charge is 0.120 e. The van der Waals surface area contributed by atoms with Crippen LogP contribution in [-0.4, -0.2) is 53.7 Å². The maximum atomic E-state index is 9.63. The van der Waals surface area contributed by atoms with Gasteiger partial charge in [-0.25, -0.2) is 0 Å². The summed E-state index contributed by atoms with van der Waals surface area (Å²) in [6, 6.07) is 9.02. The maximum absolute atomic E-state index is 9.63. The Morgan fingerprint density at radius 3 is 2.55 bits per heavy atom. The fraction of sp³-hybridized carbons (Fsp3) is 0.579. The average molecular weight is 300 g/mol. The van der Waals surface area contributed by atoms with Crippen molar-refractivity contribution in [3.05, 3.63) is 35.4 Å². The Bertz CT molecular complexity index is 533. The largest absolute Gasteiger partial charge is 0.378 e. The Morgan fingerprint density at radius 1 is 1.32 bits per heavy atom. The fourth-order valence-electron chi connectivity index (χ4n) is 2.86. The Balaban J connectivity index is 1.89. The van der Waals surface area contributed by atoms with E-state index in [0.29, 0.717) is 6.04 Å². The SMILES string of the molecule is CN(Cc1ccc(C#CC(C)(C)O)cc1)C[C@H]1CCCN1C. The maximum Gasteiger partial charge on any atom is 0.120 e. The van der Waals surface area contributed by atoms with Crippen LogP contribution in [0.15, 0.2) is 24.3 Å². The van der Waals surface area contributed by atoms with Gasteiger partial charge in [0.15, 0.2) is 0 Å². The van der Waals surface area contributed by atoms with Crippen LogP contribution < -0.4 is 0 Å². The van der Waals surface area contributed by atoms with Gasteiger partial charge in [0.1, 0.15) is 5.60 Å². The molecule has 1 heterocycles. The van der Waals surface area contributed by atoms with E-state index < -0.39 is 5.60 Å². The number of benzene rings is 1. The third kappa shape index (κ3) is 5.46. The van der Waals surface area contributed by atoms with Crippen LogP contribution in [0.4, 0.5) is 0 Å². The van der Waals surface area contributed by atoms with Crippen molar-refractivity contribution in [3.63, 3.8) is 0 Å². The molecule has 0 bridgehead atoms. The quantitative estimate of drug-likeness (QED) is 0.865. The van der Waals surface area contributed by atoms with Gasteiger partial charge in [-0.3, -0.25) is 0 Å². The van der Waals surface area contributed by atoms with Gasteiger partial charge in [-0.2, -0.15) is 0 Å². The molecule has 1 fully saturated rings. The first-order chi connectivity index (χ1) is 10.3. The first-order valence-corrected chi connectivity index (χ1v) is 8.07. The molecule has 3 nitrogen and oxygen atoms in total. The van der Waals surface area contributed by atoms with Crippen LogP contribution in [0.25, 0.3) is 0 Å². The second-order valence-corrected chi connectivity index (χ2v) is 6.98. The number of likely N-dealkylation sites (N-methyl/N-ethyl adjacent to an activating group) is 2. The van der Waals surface area contributed by atoms with Crippen molar-refractivity contribution in [3.8, 4) is 11.8 Å². The lowest BCUT2D eigenvalue weighted by atomic mass is 10.1. The Hall–Kier alpha value is -1.34. The van der Waals surface area contributed by atoms with E-state index in [-0.39, 0.29) is 0 Å². The molecule has 2 rings (SSSR count). The zero-order valence-corrected chi connectivity index (χ0v) is 14.3. The highest BCUT2D eigenvalue weighted by Crippen LogP contribution is 2.16. The highest BCUT2D eigenvalue weighted by atomic mass is 16.3. The summed E-state index contributed by atoms with van der Waals surface area (Å²) < 4.78 is 0. The summed E-state index contributed by atoms with van der Waals surface area (Å²) in [5.74, 6) is 5.85. The summed E-state index contributed by atoms with van der Waals surface area (Å²) in [5.41, 5.74) is 1.31. The lowest BCUT2D eigenvalue weighted by Gasteiger charge is -2.25. The Labute approximate surface area is 134 Å². The van der Waals surface area contributed by atoms with Gasteiger partial charge in [0.25, 0.3) is 0 Å². The molecule has 1 aromatic carbocycles. The third-order valence-corrected chi connectivity index (χ3v) is 4.11. The predicted octanol–water partition coefficient (Wildman–Crippen LogP) is 2.33. The van der Waals surface area contributed by atoms with Crippen LogP contribution in [0.5, 0.6) is 0 Å². The molecule has 1 aliphatic rings. The van der Waals surface area contributed by atoms with Crippen LogP contribution in [0.1, 0.15) is 37.8 Å². The summed E-state index contributed by atoms with van der Waals surface area (Å²) in [4.78, 5) is 4.86. The molecule has 0 unspecified atom stereocenters. The van der Waals surface area contributed by atoms with Crippen LogP contribution in [0, 0.1) is 11.8 Å². The summed E-state index contributed by atoms with van der Waals surface area (Å²) in [5, 5.41) is 9.63. The van der Waals surface area contributed by atoms with Gasteiger partial charge in [-0.15, -0.1) is 0 Å². The van der Waals surface area contributed by atoms with Crippen LogP contribution in [-0.2, 0) is 6.54 Å². The number of aliphatic hydroxyl groups is 1. The molecule has 1 saturated heterocycles. The molecule has 120 valence electrons. The average Bonchev–Trinajstić information content (AvgIpc) is 2.82. The van der Waals surface area contributed by atoms with Crippen LogP contribution in [0.3, 0.4) is 0 Å². The van der Waals surface area contributed by atoms with Crippen molar-refractivity contribution in [1.82, 2.24) is 9.80 Å². The molecule has 0 aliphatic carbocycles. The molecule has 1 aliphatic heterocycles. The first kappa shape index (κ1) is 17.0. The fourth-order valence-corrected chi connectivity index (χ4v) is 2.86. The molecule has 22 heavy (non-hydrogen) atoms. The molecule has 0 radical (unpaired) electrons.